The first kappa shape index (κ1) is 12.9. The van der Waals surface area contributed by atoms with Crippen molar-refractivity contribution >= 4 is 25.8 Å². The zero-order valence-corrected chi connectivity index (χ0v) is 11.6. The molecule has 1 unspecified atom stereocenters. The lowest BCUT2D eigenvalue weighted by atomic mass is 10.2. The molecule has 1 heterocycles. The van der Waals surface area contributed by atoms with E-state index in [1.165, 1.54) is 0 Å². The fourth-order valence-electron chi connectivity index (χ4n) is 1.88. The fraction of sp³-hybridized carbons (Fsp3) is 0.455. The molecule has 0 aliphatic carbocycles. The molecule has 0 spiro atoms. The Morgan fingerprint density at radius 1 is 1.47 bits per heavy atom. The Morgan fingerprint density at radius 3 is 2.82 bits per heavy atom. The lowest BCUT2D eigenvalue weighted by molar-refractivity contribution is 0.471. The molecule has 1 fully saturated rings. The van der Waals surface area contributed by atoms with Crippen molar-refractivity contribution in [3.05, 3.63) is 28.2 Å². The van der Waals surface area contributed by atoms with Gasteiger partial charge in [-0.2, -0.15) is 0 Å². The first-order chi connectivity index (χ1) is 7.96. The van der Waals surface area contributed by atoms with Crippen molar-refractivity contribution in [3.8, 4) is 5.75 Å². The number of phenolic OH excluding ortho intramolecular Hbond substituents is 1. The van der Waals surface area contributed by atoms with Crippen LogP contribution in [0.4, 0.5) is 0 Å². The van der Waals surface area contributed by atoms with Gasteiger partial charge < -0.3 is 10.4 Å². The second-order valence-electron chi connectivity index (χ2n) is 4.27. The van der Waals surface area contributed by atoms with Gasteiger partial charge in [0.15, 0.2) is 9.84 Å². The summed E-state index contributed by atoms with van der Waals surface area (Å²) in [5.41, 5.74) is 1.01. The summed E-state index contributed by atoms with van der Waals surface area (Å²) < 4.78 is 23.2. The molecule has 4 nitrogen and oxygen atoms in total. The molecule has 0 bridgehead atoms. The van der Waals surface area contributed by atoms with Gasteiger partial charge in [0.05, 0.1) is 16.0 Å². The lowest BCUT2D eigenvalue weighted by Gasteiger charge is -2.11. The molecule has 0 aromatic heterocycles. The lowest BCUT2D eigenvalue weighted by Crippen LogP contribution is -2.29. The van der Waals surface area contributed by atoms with Crippen LogP contribution in [0.2, 0.25) is 0 Å². The Bertz CT molecular complexity index is 515. The molecule has 0 radical (unpaired) electrons. The van der Waals surface area contributed by atoms with E-state index in [9.17, 15) is 13.5 Å². The van der Waals surface area contributed by atoms with Gasteiger partial charge in [0.1, 0.15) is 5.75 Å². The highest BCUT2D eigenvalue weighted by molar-refractivity contribution is 9.10. The van der Waals surface area contributed by atoms with Crippen LogP contribution in [0.1, 0.15) is 12.0 Å². The van der Waals surface area contributed by atoms with Crippen molar-refractivity contribution in [2.45, 2.75) is 19.0 Å². The number of halogens is 1. The van der Waals surface area contributed by atoms with Crippen molar-refractivity contribution in [1.29, 1.82) is 0 Å². The molecule has 1 aliphatic heterocycles. The van der Waals surface area contributed by atoms with Crippen molar-refractivity contribution in [3.63, 3.8) is 0 Å². The maximum Gasteiger partial charge on any atom is 0.151 e. The molecule has 6 heteroatoms. The average molecular weight is 320 g/mol. The zero-order valence-electron chi connectivity index (χ0n) is 9.19. The first-order valence-electron chi connectivity index (χ1n) is 5.37. The van der Waals surface area contributed by atoms with Crippen LogP contribution in [0.25, 0.3) is 0 Å². The van der Waals surface area contributed by atoms with Crippen LogP contribution in [0.15, 0.2) is 22.7 Å². The summed E-state index contributed by atoms with van der Waals surface area (Å²) >= 11 is 3.24. The molecule has 2 N–H and O–H groups in total. The molecular formula is C11H14BrNO3S. The van der Waals surface area contributed by atoms with E-state index in [2.05, 4.69) is 21.2 Å². The minimum Gasteiger partial charge on any atom is -0.507 e. The third kappa shape index (κ3) is 3.43. The molecular weight excluding hydrogens is 306 g/mol. The number of rotatable bonds is 3. The fourth-order valence-corrected chi connectivity index (χ4v) is 4.01. The smallest absolute Gasteiger partial charge is 0.151 e. The predicted octanol–water partition coefficient (Wildman–Crippen LogP) is 1.43. The van der Waals surface area contributed by atoms with Crippen molar-refractivity contribution in [2.24, 2.45) is 0 Å². The largest absolute Gasteiger partial charge is 0.507 e. The number of benzene rings is 1. The van der Waals surface area contributed by atoms with Gasteiger partial charge in [0.2, 0.25) is 0 Å². The number of sulfone groups is 1. The SMILES string of the molecule is O=S1(=O)CCC(NCc2ccc(O)c(Br)c2)C1. The molecule has 1 aromatic carbocycles. The van der Waals surface area contributed by atoms with Gasteiger partial charge in [-0.1, -0.05) is 6.07 Å². The Balaban J connectivity index is 1.92. The second-order valence-corrected chi connectivity index (χ2v) is 7.35. The quantitative estimate of drug-likeness (QED) is 0.884. The van der Waals surface area contributed by atoms with Gasteiger partial charge in [0.25, 0.3) is 0 Å². The highest BCUT2D eigenvalue weighted by atomic mass is 79.9. The Hall–Kier alpha value is -0.590. The number of hydrogen-bond acceptors (Lipinski definition) is 4. The summed E-state index contributed by atoms with van der Waals surface area (Å²) in [4.78, 5) is 0. The van der Waals surface area contributed by atoms with Crippen LogP contribution in [-0.4, -0.2) is 31.1 Å². The monoisotopic (exact) mass is 319 g/mol. The summed E-state index contributed by atoms with van der Waals surface area (Å²) in [7, 11) is -2.83. The topological polar surface area (TPSA) is 66.4 Å². The van der Waals surface area contributed by atoms with E-state index in [1.807, 2.05) is 12.1 Å². The van der Waals surface area contributed by atoms with Crippen molar-refractivity contribution in [2.75, 3.05) is 11.5 Å². The van der Waals surface area contributed by atoms with E-state index in [0.29, 0.717) is 17.4 Å². The minimum atomic E-state index is -2.83. The zero-order chi connectivity index (χ0) is 12.5. The maximum atomic E-state index is 11.3. The van der Waals surface area contributed by atoms with Gasteiger partial charge in [-0.05, 0) is 40.0 Å². The first-order valence-corrected chi connectivity index (χ1v) is 7.99. The van der Waals surface area contributed by atoms with Gasteiger partial charge in [0, 0.05) is 12.6 Å². The minimum absolute atomic E-state index is 0.0487. The van der Waals surface area contributed by atoms with Gasteiger partial charge in [-0.25, -0.2) is 8.42 Å². The van der Waals surface area contributed by atoms with E-state index in [4.69, 9.17) is 0 Å². The summed E-state index contributed by atoms with van der Waals surface area (Å²) in [6, 6.07) is 5.31. The van der Waals surface area contributed by atoms with Crippen LogP contribution < -0.4 is 5.32 Å². The molecule has 1 aliphatic rings. The van der Waals surface area contributed by atoms with Crippen molar-refractivity contribution in [1.82, 2.24) is 5.32 Å². The van der Waals surface area contributed by atoms with E-state index >= 15 is 0 Å². The number of hydrogen-bond donors (Lipinski definition) is 2. The summed E-state index contributed by atoms with van der Waals surface area (Å²) in [6.07, 6.45) is 0.682. The Kier molecular flexibility index (Phi) is 3.75. The summed E-state index contributed by atoms with van der Waals surface area (Å²) in [5.74, 6) is 0.716. The van der Waals surface area contributed by atoms with Crippen LogP contribution in [0, 0.1) is 0 Å². The third-order valence-electron chi connectivity index (χ3n) is 2.84. The third-order valence-corrected chi connectivity index (χ3v) is 5.24. The normalized spacial score (nSPS) is 22.8. The number of aromatic hydroxyl groups is 1. The highest BCUT2D eigenvalue weighted by Gasteiger charge is 2.27. The molecule has 1 aromatic rings. The van der Waals surface area contributed by atoms with E-state index in [0.717, 1.165) is 5.56 Å². The van der Waals surface area contributed by atoms with E-state index < -0.39 is 9.84 Å². The molecule has 1 atom stereocenters. The van der Waals surface area contributed by atoms with Crippen LogP contribution >= 0.6 is 15.9 Å². The molecule has 0 saturated carbocycles. The standard InChI is InChI=1S/C11H14BrNO3S/c12-10-5-8(1-2-11(10)14)6-13-9-3-4-17(15,16)7-9/h1-2,5,9,13-14H,3-4,6-7H2. The molecule has 0 amide bonds. The Labute approximate surface area is 109 Å². The number of nitrogens with one attached hydrogen (secondary N) is 1. The molecule has 94 valence electrons. The van der Waals surface area contributed by atoms with Crippen LogP contribution in [0.3, 0.4) is 0 Å². The van der Waals surface area contributed by atoms with E-state index in [1.54, 1.807) is 6.07 Å². The number of phenols is 1. The second kappa shape index (κ2) is 4.96. The predicted molar refractivity (Wildman–Crippen MR) is 69.7 cm³/mol. The molecule has 1 saturated heterocycles. The molecule has 2 rings (SSSR count). The van der Waals surface area contributed by atoms with Crippen LogP contribution in [-0.2, 0) is 16.4 Å². The van der Waals surface area contributed by atoms with Crippen LogP contribution in [0.5, 0.6) is 5.75 Å². The summed E-state index contributed by atoms with van der Waals surface area (Å²) in [5, 5.41) is 12.6. The molecule has 17 heavy (non-hydrogen) atoms. The maximum absolute atomic E-state index is 11.3. The van der Waals surface area contributed by atoms with Gasteiger partial charge in [-0.3, -0.25) is 0 Å². The van der Waals surface area contributed by atoms with Gasteiger partial charge >= 0.3 is 0 Å². The average Bonchev–Trinajstić information content (AvgIpc) is 2.60. The van der Waals surface area contributed by atoms with Gasteiger partial charge in [-0.15, -0.1) is 0 Å². The summed E-state index contributed by atoms with van der Waals surface area (Å²) in [6.45, 7) is 0.610. The van der Waals surface area contributed by atoms with Crippen molar-refractivity contribution < 1.29 is 13.5 Å². The highest BCUT2D eigenvalue weighted by Crippen LogP contribution is 2.24. The van der Waals surface area contributed by atoms with E-state index in [-0.39, 0.29) is 23.3 Å². The Morgan fingerprint density at radius 2 is 2.24 bits per heavy atom.